The van der Waals surface area contributed by atoms with Crippen LogP contribution in [-0.4, -0.2) is 17.3 Å². The molecule has 0 unspecified atom stereocenters. The summed E-state index contributed by atoms with van der Waals surface area (Å²) < 4.78 is 5.20. The van der Waals surface area contributed by atoms with Crippen LogP contribution in [0.1, 0.15) is 11.1 Å². The van der Waals surface area contributed by atoms with E-state index in [0.29, 0.717) is 12.1 Å². The van der Waals surface area contributed by atoms with Crippen molar-refractivity contribution in [2.75, 3.05) is 12.4 Å². The summed E-state index contributed by atoms with van der Waals surface area (Å²) in [5.41, 5.74) is 2.54. The van der Waals surface area contributed by atoms with E-state index in [1.54, 1.807) is 37.1 Å². The molecular formula is C21H21NO3S. The van der Waals surface area contributed by atoms with Crippen LogP contribution in [-0.2, 0) is 13.2 Å². The molecule has 0 amide bonds. The van der Waals surface area contributed by atoms with Crippen LogP contribution in [0, 0.1) is 0 Å². The first-order chi connectivity index (χ1) is 12.7. The Labute approximate surface area is 157 Å². The molecule has 0 radical (unpaired) electrons. The third-order valence-corrected chi connectivity index (χ3v) is 5.12. The molecule has 0 bridgehead atoms. The number of aliphatic hydroxyl groups is 1. The highest BCUT2D eigenvalue weighted by Gasteiger charge is 2.06. The summed E-state index contributed by atoms with van der Waals surface area (Å²) in [5, 5.41) is 22.3. The number of benzene rings is 3. The molecule has 5 heteroatoms. The first-order valence-corrected chi connectivity index (χ1v) is 9.07. The topological polar surface area (TPSA) is 61.7 Å². The van der Waals surface area contributed by atoms with Gasteiger partial charge >= 0.3 is 0 Å². The molecule has 0 saturated carbocycles. The second kappa shape index (κ2) is 8.65. The maximum atomic E-state index is 9.67. The predicted octanol–water partition coefficient (Wildman–Crippen LogP) is 4.66. The van der Waals surface area contributed by atoms with Crippen LogP contribution in [0.15, 0.2) is 76.5 Å². The molecule has 0 fully saturated rings. The SMILES string of the molecule is COc1ccc(Sc2ccccc2CNc2ccc(O)c(CO)c2)cc1. The molecule has 26 heavy (non-hydrogen) atoms. The van der Waals surface area contributed by atoms with Crippen molar-refractivity contribution in [2.45, 2.75) is 22.9 Å². The van der Waals surface area contributed by atoms with E-state index in [4.69, 9.17) is 4.74 Å². The molecule has 0 aliphatic carbocycles. The lowest BCUT2D eigenvalue weighted by Gasteiger charge is -2.12. The second-order valence-corrected chi connectivity index (χ2v) is 6.86. The number of methoxy groups -OCH3 is 1. The van der Waals surface area contributed by atoms with E-state index in [1.807, 2.05) is 36.4 Å². The minimum atomic E-state index is -0.189. The predicted molar refractivity (Wildman–Crippen MR) is 105 cm³/mol. The highest BCUT2D eigenvalue weighted by atomic mass is 32.2. The summed E-state index contributed by atoms with van der Waals surface area (Å²) in [4.78, 5) is 2.32. The number of hydrogen-bond acceptors (Lipinski definition) is 5. The first kappa shape index (κ1) is 18.2. The molecule has 0 heterocycles. The molecule has 3 N–H and O–H groups in total. The Morgan fingerprint density at radius 1 is 0.962 bits per heavy atom. The zero-order chi connectivity index (χ0) is 18.4. The van der Waals surface area contributed by atoms with E-state index in [-0.39, 0.29) is 12.4 Å². The monoisotopic (exact) mass is 367 g/mol. The maximum Gasteiger partial charge on any atom is 0.121 e. The summed E-state index contributed by atoms with van der Waals surface area (Å²) >= 11 is 1.70. The Morgan fingerprint density at radius 2 is 1.73 bits per heavy atom. The Morgan fingerprint density at radius 3 is 2.46 bits per heavy atom. The fourth-order valence-electron chi connectivity index (χ4n) is 2.54. The van der Waals surface area contributed by atoms with Gasteiger partial charge in [0.1, 0.15) is 11.5 Å². The van der Waals surface area contributed by atoms with Crippen LogP contribution >= 0.6 is 11.8 Å². The van der Waals surface area contributed by atoms with Crippen LogP contribution < -0.4 is 10.1 Å². The fraction of sp³-hybridized carbons (Fsp3) is 0.143. The number of anilines is 1. The van der Waals surface area contributed by atoms with Crippen molar-refractivity contribution >= 4 is 17.4 Å². The third kappa shape index (κ3) is 4.50. The molecular weight excluding hydrogens is 346 g/mol. The lowest BCUT2D eigenvalue weighted by atomic mass is 10.1. The second-order valence-electron chi connectivity index (χ2n) is 5.74. The van der Waals surface area contributed by atoms with Crippen LogP contribution in [0.3, 0.4) is 0 Å². The van der Waals surface area contributed by atoms with Gasteiger partial charge in [-0.25, -0.2) is 0 Å². The molecule has 0 atom stereocenters. The molecule has 0 saturated heterocycles. The van der Waals surface area contributed by atoms with E-state index < -0.39 is 0 Å². The number of hydrogen-bond donors (Lipinski definition) is 3. The number of rotatable bonds is 7. The summed E-state index contributed by atoms with van der Waals surface area (Å²) in [6.45, 7) is 0.459. The zero-order valence-electron chi connectivity index (χ0n) is 14.5. The molecule has 3 aromatic carbocycles. The minimum Gasteiger partial charge on any atom is -0.508 e. The largest absolute Gasteiger partial charge is 0.508 e. The lowest BCUT2D eigenvalue weighted by Crippen LogP contribution is -2.01. The summed E-state index contributed by atoms with van der Waals surface area (Å²) in [6, 6.07) is 21.4. The van der Waals surface area contributed by atoms with Gasteiger partial charge in [0.2, 0.25) is 0 Å². The molecule has 0 spiro atoms. The number of ether oxygens (including phenoxy) is 1. The minimum absolute atomic E-state index is 0.105. The van der Waals surface area contributed by atoms with Gasteiger partial charge in [-0.05, 0) is 54.1 Å². The van der Waals surface area contributed by atoms with Crippen LogP contribution in [0.2, 0.25) is 0 Å². The van der Waals surface area contributed by atoms with Gasteiger partial charge in [0, 0.05) is 27.6 Å². The quantitative estimate of drug-likeness (QED) is 0.530. The normalized spacial score (nSPS) is 10.5. The number of phenols is 1. The molecule has 4 nitrogen and oxygen atoms in total. The molecule has 0 aliphatic heterocycles. The van der Waals surface area contributed by atoms with Gasteiger partial charge in [-0.3, -0.25) is 0 Å². The Kier molecular flexibility index (Phi) is 6.04. The van der Waals surface area contributed by atoms with Crippen LogP contribution in [0.25, 0.3) is 0 Å². The average Bonchev–Trinajstić information content (AvgIpc) is 2.69. The standard InChI is InChI=1S/C21H21NO3S/c1-25-18-7-9-19(10-8-18)26-21-5-3-2-4-15(21)13-22-17-6-11-20(24)16(12-17)14-23/h2-12,22-24H,13-14H2,1H3. The molecule has 3 rings (SSSR count). The van der Waals surface area contributed by atoms with Gasteiger partial charge < -0.3 is 20.3 Å². The van der Waals surface area contributed by atoms with E-state index in [2.05, 4.69) is 17.4 Å². The summed E-state index contributed by atoms with van der Waals surface area (Å²) in [6.07, 6.45) is 0. The van der Waals surface area contributed by atoms with Gasteiger partial charge in [0.15, 0.2) is 0 Å². The van der Waals surface area contributed by atoms with Crippen molar-refractivity contribution in [1.29, 1.82) is 0 Å². The number of aromatic hydroxyl groups is 1. The lowest BCUT2D eigenvalue weighted by molar-refractivity contribution is 0.275. The van der Waals surface area contributed by atoms with Crippen molar-refractivity contribution in [2.24, 2.45) is 0 Å². The van der Waals surface area contributed by atoms with Crippen molar-refractivity contribution in [1.82, 2.24) is 0 Å². The van der Waals surface area contributed by atoms with Crippen molar-refractivity contribution < 1.29 is 14.9 Å². The maximum absolute atomic E-state index is 9.67. The van der Waals surface area contributed by atoms with Gasteiger partial charge in [0.05, 0.1) is 13.7 Å². The van der Waals surface area contributed by atoms with Crippen LogP contribution in [0.5, 0.6) is 11.5 Å². The average molecular weight is 367 g/mol. The summed E-state index contributed by atoms with van der Waals surface area (Å²) in [7, 11) is 1.66. The molecule has 3 aromatic rings. The Bertz CT molecular complexity index is 865. The van der Waals surface area contributed by atoms with Crippen molar-refractivity contribution in [3.8, 4) is 11.5 Å². The van der Waals surface area contributed by atoms with E-state index >= 15 is 0 Å². The summed E-state index contributed by atoms with van der Waals surface area (Å²) in [5.74, 6) is 0.949. The highest BCUT2D eigenvalue weighted by molar-refractivity contribution is 7.99. The Balaban J connectivity index is 1.72. The van der Waals surface area contributed by atoms with Gasteiger partial charge in [-0.2, -0.15) is 0 Å². The molecule has 0 aromatic heterocycles. The Hall–Kier alpha value is -2.63. The van der Waals surface area contributed by atoms with Gasteiger partial charge in [-0.15, -0.1) is 0 Å². The first-order valence-electron chi connectivity index (χ1n) is 8.26. The van der Waals surface area contributed by atoms with Gasteiger partial charge in [-0.1, -0.05) is 30.0 Å². The highest BCUT2D eigenvalue weighted by Crippen LogP contribution is 2.32. The smallest absolute Gasteiger partial charge is 0.121 e. The van der Waals surface area contributed by atoms with Crippen molar-refractivity contribution in [3.63, 3.8) is 0 Å². The molecule has 134 valence electrons. The van der Waals surface area contributed by atoms with Crippen molar-refractivity contribution in [3.05, 3.63) is 77.9 Å². The van der Waals surface area contributed by atoms with E-state index in [1.165, 1.54) is 10.5 Å². The van der Waals surface area contributed by atoms with Gasteiger partial charge in [0.25, 0.3) is 0 Å². The number of aliphatic hydroxyl groups excluding tert-OH is 1. The number of nitrogens with one attached hydrogen (secondary N) is 1. The molecule has 0 aliphatic rings. The van der Waals surface area contributed by atoms with Crippen LogP contribution in [0.4, 0.5) is 5.69 Å². The third-order valence-electron chi connectivity index (χ3n) is 3.99. The zero-order valence-corrected chi connectivity index (χ0v) is 15.3. The van der Waals surface area contributed by atoms with E-state index in [9.17, 15) is 10.2 Å². The van der Waals surface area contributed by atoms with E-state index in [0.717, 1.165) is 16.3 Å². The fourth-order valence-corrected chi connectivity index (χ4v) is 3.48.